The van der Waals surface area contributed by atoms with Gasteiger partial charge in [0.25, 0.3) is 0 Å². The molecule has 3 heteroatoms. The minimum Gasteiger partial charge on any atom is -0.478 e. The van der Waals surface area contributed by atoms with Gasteiger partial charge < -0.3 is 10.1 Å². The molecular formula is C12H11NO2. The Morgan fingerprint density at radius 3 is 2.80 bits per heavy atom. The van der Waals surface area contributed by atoms with E-state index in [9.17, 15) is 4.79 Å². The van der Waals surface area contributed by atoms with Crippen molar-refractivity contribution in [3.8, 4) is 0 Å². The Morgan fingerprint density at radius 2 is 2.13 bits per heavy atom. The SMILES string of the molecule is O=C(O)c1cccc(Cc2ccc[nH]2)c1. The molecular weight excluding hydrogens is 190 g/mol. The molecule has 0 radical (unpaired) electrons. The number of H-pyrrole nitrogens is 1. The fourth-order valence-corrected chi connectivity index (χ4v) is 1.51. The number of hydrogen-bond donors (Lipinski definition) is 2. The zero-order chi connectivity index (χ0) is 10.7. The Labute approximate surface area is 87.4 Å². The first-order valence-electron chi connectivity index (χ1n) is 4.70. The highest BCUT2D eigenvalue weighted by molar-refractivity contribution is 5.87. The lowest BCUT2D eigenvalue weighted by atomic mass is 10.1. The molecule has 15 heavy (non-hydrogen) atoms. The van der Waals surface area contributed by atoms with E-state index < -0.39 is 5.97 Å². The Bertz CT molecular complexity index is 460. The molecule has 0 aliphatic rings. The number of nitrogens with one attached hydrogen (secondary N) is 1. The van der Waals surface area contributed by atoms with Crippen molar-refractivity contribution in [1.82, 2.24) is 4.98 Å². The zero-order valence-electron chi connectivity index (χ0n) is 8.10. The van der Waals surface area contributed by atoms with Gasteiger partial charge >= 0.3 is 5.97 Å². The third kappa shape index (κ3) is 2.26. The van der Waals surface area contributed by atoms with Crippen molar-refractivity contribution in [2.75, 3.05) is 0 Å². The van der Waals surface area contributed by atoms with Gasteiger partial charge in [0.1, 0.15) is 0 Å². The number of carboxylic acids is 1. The lowest BCUT2D eigenvalue weighted by Gasteiger charge is -2.00. The van der Waals surface area contributed by atoms with Crippen molar-refractivity contribution in [3.63, 3.8) is 0 Å². The minimum absolute atomic E-state index is 0.332. The summed E-state index contributed by atoms with van der Waals surface area (Å²) in [5.41, 5.74) is 2.41. The molecule has 0 amide bonds. The average Bonchev–Trinajstić information content (AvgIpc) is 2.71. The number of hydrogen-bond acceptors (Lipinski definition) is 1. The summed E-state index contributed by atoms with van der Waals surface area (Å²) in [7, 11) is 0. The highest BCUT2D eigenvalue weighted by Gasteiger charge is 2.03. The van der Waals surface area contributed by atoms with Crippen LogP contribution in [0.25, 0.3) is 0 Å². The maximum absolute atomic E-state index is 10.7. The van der Waals surface area contributed by atoms with Crippen molar-refractivity contribution in [2.45, 2.75) is 6.42 Å². The molecule has 0 spiro atoms. The maximum Gasteiger partial charge on any atom is 0.335 e. The van der Waals surface area contributed by atoms with Gasteiger partial charge in [-0.25, -0.2) is 4.79 Å². The van der Waals surface area contributed by atoms with E-state index in [4.69, 9.17) is 5.11 Å². The summed E-state index contributed by atoms with van der Waals surface area (Å²) < 4.78 is 0. The standard InChI is InChI=1S/C12H11NO2/c14-12(15)10-4-1-3-9(7-10)8-11-5-2-6-13-11/h1-7,13H,8H2,(H,14,15). The molecule has 1 aromatic heterocycles. The molecule has 2 aromatic rings. The maximum atomic E-state index is 10.7. The van der Waals surface area contributed by atoms with Crippen LogP contribution in [0.15, 0.2) is 42.6 Å². The van der Waals surface area contributed by atoms with Crippen LogP contribution in [0.4, 0.5) is 0 Å². The van der Waals surface area contributed by atoms with Crippen LogP contribution in [0.1, 0.15) is 21.6 Å². The van der Waals surface area contributed by atoms with Gasteiger partial charge in [0.05, 0.1) is 5.56 Å². The summed E-state index contributed by atoms with van der Waals surface area (Å²) >= 11 is 0. The van der Waals surface area contributed by atoms with E-state index >= 15 is 0 Å². The summed E-state index contributed by atoms with van der Waals surface area (Å²) in [4.78, 5) is 13.8. The van der Waals surface area contributed by atoms with Crippen molar-refractivity contribution < 1.29 is 9.90 Å². The van der Waals surface area contributed by atoms with Crippen molar-refractivity contribution >= 4 is 5.97 Å². The molecule has 3 nitrogen and oxygen atoms in total. The monoisotopic (exact) mass is 201 g/mol. The minimum atomic E-state index is -0.886. The summed E-state index contributed by atoms with van der Waals surface area (Å²) in [6, 6.07) is 10.9. The molecule has 2 rings (SSSR count). The van der Waals surface area contributed by atoms with Crippen LogP contribution in [0.2, 0.25) is 0 Å². The van der Waals surface area contributed by atoms with Gasteiger partial charge in [-0.2, -0.15) is 0 Å². The van der Waals surface area contributed by atoms with E-state index in [1.165, 1.54) is 0 Å². The summed E-state index contributed by atoms with van der Waals surface area (Å²) in [5.74, 6) is -0.886. The predicted molar refractivity (Wildman–Crippen MR) is 57.0 cm³/mol. The first-order valence-corrected chi connectivity index (χ1v) is 4.70. The molecule has 0 saturated heterocycles. The van der Waals surface area contributed by atoms with Gasteiger partial charge in [0.15, 0.2) is 0 Å². The molecule has 0 unspecified atom stereocenters. The van der Waals surface area contributed by atoms with Gasteiger partial charge in [-0.1, -0.05) is 12.1 Å². The smallest absolute Gasteiger partial charge is 0.335 e. The molecule has 76 valence electrons. The van der Waals surface area contributed by atoms with Crippen LogP contribution in [0.3, 0.4) is 0 Å². The number of aromatic nitrogens is 1. The van der Waals surface area contributed by atoms with E-state index in [1.807, 2.05) is 24.4 Å². The lowest BCUT2D eigenvalue weighted by Crippen LogP contribution is -1.97. The van der Waals surface area contributed by atoms with E-state index in [1.54, 1.807) is 18.2 Å². The number of carboxylic acid groups (broad SMARTS) is 1. The van der Waals surface area contributed by atoms with Gasteiger partial charge in [-0.15, -0.1) is 0 Å². The largest absolute Gasteiger partial charge is 0.478 e. The molecule has 0 bridgehead atoms. The predicted octanol–water partition coefficient (Wildman–Crippen LogP) is 2.30. The molecule has 0 aliphatic heterocycles. The fraction of sp³-hybridized carbons (Fsp3) is 0.0833. The Morgan fingerprint density at radius 1 is 1.27 bits per heavy atom. The number of carbonyl (C=O) groups is 1. The van der Waals surface area contributed by atoms with Gasteiger partial charge in [0, 0.05) is 18.3 Å². The van der Waals surface area contributed by atoms with Gasteiger partial charge in [-0.3, -0.25) is 0 Å². The number of benzene rings is 1. The number of rotatable bonds is 3. The third-order valence-corrected chi connectivity index (χ3v) is 2.23. The summed E-state index contributed by atoms with van der Waals surface area (Å²) in [6.07, 6.45) is 2.59. The normalized spacial score (nSPS) is 10.1. The molecule has 1 heterocycles. The van der Waals surface area contributed by atoms with E-state index in [-0.39, 0.29) is 0 Å². The zero-order valence-corrected chi connectivity index (χ0v) is 8.10. The van der Waals surface area contributed by atoms with Crippen LogP contribution >= 0.6 is 0 Å². The number of aromatic amines is 1. The topological polar surface area (TPSA) is 53.1 Å². The second-order valence-electron chi connectivity index (χ2n) is 3.38. The highest BCUT2D eigenvalue weighted by Crippen LogP contribution is 2.10. The van der Waals surface area contributed by atoms with Crippen LogP contribution in [-0.2, 0) is 6.42 Å². The van der Waals surface area contributed by atoms with Gasteiger partial charge in [-0.05, 0) is 29.8 Å². The molecule has 0 saturated carbocycles. The molecule has 0 aliphatic carbocycles. The summed E-state index contributed by atoms with van der Waals surface area (Å²) in [5, 5.41) is 8.83. The Balaban J connectivity index is 2.22. The molecule has 0 fully saturated rings. The fourth-order valence-electron chi connectivity index (χ4n) is 1.51. The van der Waals surface area contributed by atoms with Crippen molar-refractivity contribution in [3.05, 3.63) is 59.4 Å². The van der Waals surface area contributed by atoms with Crippen LogP contribution in [0, 0.1) is 0 Å². The second-order valence-corrected chi connectivity index (χ2v) is 3.38. The van der Waals surface area contributed by atoms with Gasteiger partial charge in [0.2, 0.25) is 0 Å². The van der Waals surface area contributed by atoms with E-state index in [2.05, 4.69) is 4.98 Å². The second kappa shape index (κ2) is 4.00. The lowest BCUT2D eigenvalue weighted by molar-refractivity contribution is 0.0697. The van der Waals surface area contributed by atoms with Crippen molar-refractivity contribution in [2.24, 2.45) is 0 Å². The van der Waals surface area contributed by atoms with Crippen molar-refractivity contribution in [1.29, 1.82) is 0 Å². The van der Waals surface area contributed by atoms with Crippen LogP contribution < -0.4 is 0 Å². The molecule has 2 N–H and O–H groups in total. The average molecular weight is 201 g/mol. The highest BCUT2D eigenvalue weighted by atomic mass is 16.4. The number of aromatic carboxylic acids is 1. The van der Waals surface area contributed by atoms with Crippen LogP contribution in [0.5, 0.6) is 0 Å². The Hall–Kier alpha value is -2.03. The first-order chi connectivity index (χ1) is 7.25. The Kier molecular flexibility index (Phi) is 2.54. The quantitative estimate of drug-likeness (QED) is 0.800. The van der Waals surface area contributed by atoms with E-state index in [0.29, 0.717) is 5.56 Å². The third-order valence-electron chi connectivity index (χ3n) is 2.23. The summed E-state index contributed by atoms with van der Waals surface area (Å²) in [6.45, 7) is 0. The van der Waals surface area contributed by atoms with E-state index in [0.717, 1.165) is 17.7 Å². The molecule has 0 atom stereocenters. The van der Waals surface area contributed by atoms with Crippen LogP contribution in [-0.4, -0.2) is 16.1 Å². The molecule has 1 aromatic carbocycles. The first kappa shape index (κ1) is 9.52.